The highest BCUT2D eigenvalue weighted by molar-refractivity contribution is 6.11. The van der Waals surface area contributed by atoms with Crippen LogP contribution in [0.1, 0.15) is 50.5 Å². The second-order valence-electron chi connectivity index (χ2n) is 9.06. The van der Waals surface area contributed by atoms with Gasteiger partial charge in [0.15, 0.2) is 0 Å². The topological polar surface area (TPSA) is 166 Å². The Morgan fingerprint density at radius 1 is 0.889 bits per heavy atom. The first-order chi connectivity index (χ1) is 17.0. The lowest BCUT2D eigenvalue weighted by molar-refractivity contribution is 0.0697. The number of anilines is 1. The van der Waals surface area contributed by atoms with Crippen LogP contribution in [0.5, 0.6) is 0 Å². The SMILES string of the molecule is CC(C)(CO)CNC(=O)c1ccc(-c2ccccc2C(=O)Nc2ccc(C(=N)N)cc2)c(C(=O)O)c1. The van der Waals surface area contributed by atoms with Gasteiger partial charge in [-0.3, -0.25) is 15.0 Å². The largest absolute Gasteiger partial charge is 0.478 e. The van der Waals surface area contributed by atoms with Gasteiger partial charge < -0.3 is 26.6 Å². The Morgan fingerprint density at radius 2 is 1.50 bits per heavy atom. The zero-order valence-electron chi connectivity index (χ0n) is 20.0. The molecule has 0 saturated carbocycles. The van der Waals surface area contributed by atoms with Crippen molar-refractivity contribution in [2.75, 3.05) is 18.5 Å². The van der Waals surface area contributed by atoms with Gasteiger partial charge in [0.25, 0.3) is 11.8 Å². The number of rotatable bonds is 9. The van der Waals surface area contributed by atoms with Gasteiger partial charge in [-0.1, -0.05) is 38.1 Å². The molecule has 0 atom stereocenters. The molecular formula is C27H28N4O5. The van der Waals surface area contributed by atoms with Crippen LogP contribution in [0.2, 0.25) is 0 Å². The maximum atomic E-state index is 13.1. The van der Waals surface area contributed by atoms with Crippen LogP contribution in [0.25, 0.3) is 11.1 Å². The van der Waals surface area contributed by atoms with Gasteiger partial charge in [0.05, 0.1) is 5.56 Å². The summed E-state index contributed by atoms with van der Waals surface area (Å²) in [7, 11) is 0. The number of aliphatic hydroxyl groups excluding tert-OH is 1. The minimum Gasteiger partial charge on any atom is -0.478 e. The quantitative estimate of drug-likeness (QED) is 0.200. The second kappa shape index (κ2) is 10.8. The van der Waals surface area contributed by atoms with E-state index in [0.717, 1.165) is 0 Å². The van der Waals surface area contributed by atoms with Crippen molar-refractivity contribution >= 4 is 29.3 Å². The van der Waals surface area contributed by atoms with Crippen molar-refractivity contribution in [3.63, 3.8) is 0 Å². The number of benzene rings is 3. The van der Waals surface area contributed by atoms with Crippen molar-refractivity contribution in [3.05, 3.63) is 89.0 Å². The van der Waals surface area contributed by atoms with Crippen LogP contribution in [0.4, 0.5) is 5.69 Å². The molecule has 3 aromatic rings. The molecule has 0 unspecified atom stereocenters. The van der Waals surface area contributed by atoms with Gasteiger partial charge in [-0.15, -0.1) is 0 Å². The second-order valence-corrected chi connectivity index (χ2v) is 9.06. The normalized spacial score (nSPS) is 11.0. The number of aromatic carboxylic acids is 1. The number of nitrogen functional groups attached to an aromatic ring is 1. The van der Waals surface area contributed by atoms with Gasteiger partial charge in [0.2, 0.25) is 0 Å². The van der Waals surface area contributed by atoms with Crippen molar-refractivity contribution in [2.24, 2.45) is 11.1 Å². The summed E-state index contributed by atoms with van der Waals surface area (Å²) in [6.07, 6.45) is 0. The first-order valence-corrected chi connectivity index (χ1v) is 11.1. The number of amides is 2. The number of hydrogen-bond acceptors (Lipinski definition) is 5. The summed E-state index contributed by atoms with van der Waals surface area (Å²) >= 11 is 0. The molecule has 0 bridgehead atoms. The number of nitrogens with one attached hydrogen (secondary N) is 3. The summed E-state index contributed by atoms with van der Waals surface area (Å²) in [5.74, 6) is -2.25. The summed E-state index contributed by atoms with van der Waals surface area (Å²) in [5.41, 5.74) is 6.88. The number of carbonyl (C=O) groups excluding carboxylic acids is 2. The fraction of sp³-hybridized carbons (Fsp3) is 0.185. The summed E-state index contributed by atoms with van der Waals surface area (Å²) in [4.78, 5) is 37.8. The molecule has 7 N–H and O–H groups in total. The van der Waals surface area contributed by atoms with E-state index in [1.54, 1.807) is 62.4 Å². The first-order valence-electron chi connectivity index (χ1n) is 11.1. The van der Waals surface area contributed by atoms with Crippen LogP contribution in [-0.2, 0) is 0 Å². The van der Waals surface area contributed by atoms with Crippen molar-refractivity contribution in [1.29, 1.82) is 5.41 Å². The third kappa shape index (κ3) is 6.13. The van der Waals surface area contributed by atoms with Gasteiger partial charge in [-0.25, -0.2) is 4.79 Å². The van der Waals surface area contributed by atoms with E-state index in [9.17, 15) is 24.6 Å². The molecule has 0 radical (unpaired) electrons. The van der Waals surface area contributed by atoms with Gasteiger partial charge >= 0.3 is 5.97 Å². The Bertz CT molecular complexity index is 1320. The van der Waals surface area contributed by atoms with Crippen LogP contribution < -0.4 is 16.4 Å². The first kappa shape index (κ1) is 26.1. The summed E-state index contributed by atoms with van der Waals surface area (Å²) in [5, 5.41) is 32.2. The number of carboxylic acid groups (broad SMARTS) is 1. The third-order valence-electron chi connectivity index (χ3n) is 5.58. The third-order valence-corrected chi connectivity index (χ3v) is 5.58. The number of carbonyl (C=O) groups is 3. The predicted octanol–water partition coefficient (Wildman–Crippen LogP) is 3.34. The van der Waals surface area contributed by atoms with Crippen molar-refractivity contribution < 1.29 is 24.6 Å². The molecule has 9 heteroatoms. The van der Waals surface area contributed by atoms with E-state index in [4.69, 9.17) is 11.1 Å². The van der Waals surface area contributed by atoms with Crippen LogP contribution >= 0.6 is 0 Å². The number of aliphatic hydroxyl groups is 1. The molecule has 0 aliphatic rings. The molecule has 0 saturated heterocycles. The Balaban J connectivity index is 1.92. The Labute approximate surface area is 208 Å². The van der Waals surface area contributed by atoms with E-state index in [2.05, 4.69) is 10.6 Å². The molecule has 9 nitrogen and oxygen atoms in total. The molecule has 0 spiro atoms. The maximum absolute atomic E-state index is 13.1. The Kier molecular flexibility index (Phi) is 7.86. The summed E-state index contributed by atoms with van der Waals surface area (Å²) in [6.45, 7) is 3.67. The molecule has 0 aliphatic heterocycles. The van der Waals surface area contributed by atoms with Gasteiger partial charge in [0, 0.05) is 40.9 Å². The highest BCUT2D eigenvalue weighted by Crippen LogP contribution is 2.29. The molecule has 0 heterocycles. The maximum Gasteiger partial charge on any atom is 0.336 e. The fourth-order valence-electron chi connectivity index (χ4n) is 3.42. The Hall–Kier alpha value is -4.50. The van der Waals surface area contributed by atoms with E-state index < -0.39 is 23.2 Å². The van der Waals surface area contributed by atoms with Crippen LogP contribution in [0.15, 0.2) is 66.7 Å². The molecule has 2 amide bonds. The van der Waals surface area contributed by atoms with Crippen molar-refractivity contribution in [3.8, 4) is 11.1 Å². The zero-order valence-corrected chi connectivity index (χ0v) is 20.0. The number of amidine groups is 1. The lowest BCUT2D eigenvalue weighted by atomic mass is 9.92. The van der Waals surface area contributed by atoms with E-state index in [1.165, 1.54) is 18.2 Å². The zero-order chi connectivity index (χ0) is 26.5. The smallest absolute Gasteiger partial charge is 0.336 e. The molecule has 0 aliphatic carbocycles. The summed E-state index contributed by atoms with van der Waals surface area (Å²) in [6, 6.07) is 17.3. The number of nitrogens with two attached hydrogens (primary N) is 1. The molecule has 3 aromatic carbocycles. The molecule has 36 heavy (non-hydrogen) atoms. The van der Waals surface area contributed by atoms with Crippen LogP contribution in [0.3, 0.4) is 0 Å². The lowest BCUT2D eigenvalue weighted by Gasteiger charge is -2.22. The number of carboxylic acids is 1. The minimum atomic E-state index is -1.25. The Morgan fingerprint density at radius 3 is 2.11 bits per heavy atom. The van der Waals surface area contributed by atoms with E-state index >= 15 is 0 Å². The molecule has 0 aromatic heterocycles. The standard InChI is InChI=1S/C27H28N4O5/c1-27(2,15-32)14-30-24(33)17-9-12-20(22(13-17)26(35)36)19-5-3-4-6-21(19)25(34)31-18-10-7-16(8-11-18)23(28)29/h3-13,32H,14-15H2,1-2H3,(H3,28,29)(H,30,33)(H,31,34)(H,35,36). The molecule has 3 rings (SSSR count). The van der Waals surface area contributed by atoms with Gasteiger partial charge in [0.1, 0.15) is 5.84 Å². The predicted molar refractivity (Wildman–Crippen MR) is 137 cm³/mol. The summed E-state index contributed by atoms with van der Waals surface area (Å²) < 4.78 is 0. The van der Waals surface area contributed by atoms with E-state index in [1.807, 2.05) is 0 Å². The average molecular weight is 489 g/mol. The van der Waals surface area contributed by atoms with E-state index in [-0.39, 0.29) is 41.2 Å². The average Bonchev–Trinajstić information content (AvgIpc) is 2.87. The monoisotopic (exact) mass is 488 g/mol. The molecule has 186 valence electrons. The highest BCUT2D eigenvalue weighted by atomic mass is 16.4. The van der Waals surface area contributed by atoms with Gasteiger partial charge in [-0.2, -0.15) is 0 Å². The molecular weight excluding hydrogens is 460 g/mol. The van der Waals surface area contributed by atoms with Crippen molar-refractivity contribution in [2.45, 2.75) is 13.8 Å². The fourth-order valence-corrected chi connectivity index (χ4v) is 3.42. The van der Waals surface area contributed by atoms with Crippen molar-refractivity contribution in [1.82, 2.24) is 5.32 Å². The van der Waals surface area contributed by atoms with E-state index in [0.29, 0.717) is 16.8 Å². The van der Waals surface area contributed by atoms with Gasteiger partial charge in [-0.05, 0) is 53.6 Å². The minimum absolute atomic E-state index is 0.0892. The van der Waals surface area contributed by atoms with Crippen LogP contribution in [-0.4, -0.2) is 47.0 Å². The highest BCUT2D eigenvalue weighted by Gasteiger charge is 2.22. The van der Waals surface area contributed by atoms with Crippen LogP contribution in [0, 0.1) is 10.8 Å². The number of hydrogen-bond donors (Lipinski definition) is 6. The molecule has 0 fully saturated rings. The lowest BCUT2D eigenvalue weighted by Crippen LogP contribution is -2.36.